The Labute approximate surface area is 121 Å². The van der Waals surface area contributed by atoms with Crippen molar-refractivity contribution in [2.24, 2.45) is 0 Å². The number of hydrazine groups is 1. The van der Waals surface area contributed by atoms with E-state index >= 15 is 0 Å². The topological polar surface area (TPSA) is 53.5 Å². The maximum absolute atomic E-state index is 13.3. The van der Waals surface area contributed by atoms with E-state index in [1.807, 2.05) is 30.3 Å². The lowest BCUT2D eigenvalue weighted by molar-refractivity contribution is 0.404. The number of para-hydroxylation sites is 1. The fourth-order valence-corrected chi connectivity index (χ4v) is 2.38. The molecule has 1 unspecified atom stereocenters. The second-order valence-electron chi connectivity index (χ2n) is 4.73. The third kappa shape index (κ3) is 2.55. The predicted octanol–water partition coefficient (Wildman–Crippen LogP) is 2.73. The van der Waals surface area contributed by atoms with Crippen LogP contribution in [0.5, 0.6) is 11.5 Å². The van der Waals surface area contributed by atoms with Crippen LogP contribution in [0.3, 0.4) is 0 Å². The van der Waals surface area contributed by atoms with Gasteiger partial charge in [-0.05, 0) is 30.3 Å². The Bertz CT molecular complexity index is 700. The molecule has 0 aromatic heterocycles. The highest BCUT2D eigenvalue weighted by molar-refractivity contribution is 5.71. The van der Waals surface area contributed by atoms with Gasteiger partial charge in [-0.2, -0.15) is 0 Å². The molecule has 1 heterocycles. The van der Waals surface area contributed by atoms with Crippen LogP contribution in [-0.4, -0.2) is 12.2 Å². The number of benzene rings is 2. The molecule has 2 aromatic rings. The van der Waals surface area contributed by atoms with Gasteiger partial charge >= 0.3 is 0 Å². The van der Waals surface area contributed by atoms with Crippen LogP contribution in [0.15, 0.2) is 48.5 Å². The van der Waals surface area contributed by atoms with Gasteiger partial charge in [0, 0.05) is 11.1 Å². The van der Waals surface area contributed by atoms with Crippen molar-refractivity contribution < 1.29 is 14.2 Å². The van der Waals surface area contributed by atoms with Crippen LogP contribution in [0.4, 0.5) is 4.39 Å². The first-order valence-electron chi connectivity index (χ1n) is 6.54. The van der Waals surface area contributed by atoms with E-state index in [9.17, 15) is 9.50 Å². The Morgan fingerprint density at radius 2 is 2.00 bits per heavy atom. The van der Waals surface area contributed by atoms with Gasteiger partial charge in [-0.3, -0.25) is 0 Å². The summed E-state index contributed by atoms with van der Waals surface area (Å²) in [6, 6.07) is 11.4. The lowest BCUT2D eigenvalue weighted by Gasteiger charge is -2.13. The normalized spacial score (nSPS) is 17.2. The standard InChI is InChI=1S/C16H15FN2O2/c1-21-16-5-3-2-4-11(16)13-9-14(19-18-13)12-8-10(17)6-7-15(12)20/h2-9,13,18-20H,1H3. The summed E-state index contributed by atoms with van der Waals surface area (Å²) in [5.41, 5.74) is 8.06. The van der Waals surface area contributed by atoms with Gasteiger partial charge in [-0.15, -0.1) is 0 Å². The molecule has 5 heteroatoms. The molecule has 1 aliphatic heterocycles. The average molecular weight is 286 g/mol. The van der Waals surface area contributed by atoms with E-state index in [0.717, 1.165) is 11.3 Å². The SMILES string of the molecule is COc1ccccc1C1C=C(c2cc(F)ccc2O)NN1. The van der Waals surface area contributed by atoms with Crippen molar-refractivity contribution in [1.82, 2.24) is 10.9 Å². The summed E-state index contributed by atoms with van der Waals surface area (Å²) in [6.45, 7) is 0. The van der Waals surface area contributed by atoms with E-state index in [2.05, 4.69) is 10.9 Å². The number of halogens is 1. The van der Waals surface area contributed by atoms with Gasteiger partial charge in [-0.25, -0.2) is 9.82 Å². The summed E-state index contributed by atoms with van der Waals surface area (Å²) in [7, 11) is 1.62. The zero-order valence-electron chi connectivity index (χ0n) is 11.4. The monoisotopic (exact) mass is 286 g/mol. The van der Waals surface area contributed by atoms with Gasteiger partial charge in [0.05, 0.1) is 18.8 Å². The average Bonchev–Trinajstić information content (AvgIpc) is 2.99. The van der Waals surface area contributed by atoms with Crippen LogP contribution < -0.4 is 15.6 Å². The molecule has 0 saturated heterocycles. The van der Waals surface area contributed by atoms with Crippen LogP contribution in [0, 0.1) is 5.82 Å². The fraction of sp³-hybridized carbons (Fsp3) is 0.125. The highest BCUT2D eigenvalue weighted by atomic mass is 19.1. The molecule has 2 aromatic carbocycles. The summed E-state index contributed by atoms with van der Waals surface area (Å²) in [4.78, 5) is 0. The maximum Gasteiger partial charge on any atom is 0.125 e. The Kier molecular flexibility index (Phi) is 3.50. The summed E-state index contributed by atoms with van der Waals surface area (Å²) in [5.74, 6) is 0.390. The van der Waals surface area contributed by atoms with Crippen LogP contribution in [0.1, 0.15) is 17.2 Å². The molecular formula is C16H15FN2O2. The zero-order valence-corrected chi connectivity index (χ0v) is 11.4. The molecule has 0 saturated carbocycles. The highest BCUT2D eigenvalue weighted by Crippen LogP contribution is 2.32. The van der Waals surface area contributed by atoms with E-state index in [0.29, 0.717) is 11.3 Å². The molecule has 0 aliphatic carbocycles. The van der Waals surface area contributed by atoms with E-state index in [1.165, 1.54) is 18.2 Å². The van der Waals surface area contributed by atoms with Crippen LogP contribution in [-0.2, 0) is 0 Å². The number of phenols is 1. The second-order valence-corrected chi connectivity index (χ2v) is 4.73. The summed E-state index contributed by atoms with van der Waals surface area (Å²) < 4.78 is 18.7. The second kappa shape index (κ2) is 5.46. The summed E-state index contributed by atoms with van der Waals surface area (Å²) in [6.07, 6.45) is 1.88. The van der Waals surface area contributed by atoms with E-state index in [-0.39, 0.29) is 11.8 Å². The first-order valence-corrected chi connectivity index (χ1v) is 6.54. The molecular weight excluding hydrogens is 271 g/mol. The van der Waals surface area contributed by atoms with Gasteiger partial charge in [0.25, 0.3) is 0 Å². The number of aromatic hydroxyl groups is 1. The van der Waals surface area contributed by atoms with Crippen molar-refractivity contribution in [3.8, 4) is 11.5 Å². The molecule has 3 rings (SSSR count). The quantitative estimate of drug-likeness (QED) is 0.812. The molecule has 1 atom stereocenters. The Hall–Kier alpha value is -2.53. The first kappa shape index (κ1) is 13.5. The summed E-state index contributed by atoms with van der Waals surface area (Å²) >= 11 is 0. The number of methoxy groups -OCH3 is 1. The number of phenolic OH excluding ortho intramolecular Hbond substituents is 1. The van der Waals surface area contributed by atoms with Crippen LogP contribution in [0.25, 0.3) is 5.70 Å². The molecule has 0 radical (unpaired) electrons. The predicted molar refractivity (Wildman–Crippen MR) is 78.0 cm³/mol. The minimum absolute atomic E-state index is 0.0256. The Morgan fingerprint density at radius 3 is 2.81 bits per heavy atom. The molecule has 0 bridgehead atoms. The van der Waals surface area contributed by atoms with E-state index in [4.69, 9.17) is 4.74 Å². The molecule has 0 spiro atoms. The van der Waals surface area contributed by atoms with Gasteiger partial charge in [0.1, 0.15) is 17.3 Å². The molecule has 21 heavy (non-hydrogen) atoms. The number of hydrogen-bond donors (Lipinski definition) is 3. The minimum Gasteiger partial charge on any atom is -0.507 e. The zero-order chi connectivity index (χ0) is 14.8. The lowest BCUT2D eigenvalue weighted by atomic mass is 10.0. The fourth-order valence-electron chi connectivity index (χ4n) is 2.38. The molecule has 108 valence electrons. The molecule has 1 aliphatic rings. The molecule has 0 fully saturated rings. The van der Waals surface area contributed by atoms with Gasteiger partial charge in [0.2, 0.25) is 0 Å². The lowest BCUT2D eigenvalue weighted by Crippen LogP contribution is -2.26. The van der Waals surface area contributed by atoms with E-state index < -0.39 is 5.82 Å². The van der Waals surface area contributed by atoms with Crippen LogP contribution >= 0.6 is 0 Å². The number of nitrogens with one attached hydrogen (secondary N) is 2. The third-order valence-corrected chi connectivity index (χ3v) is 3.42. The smallest absolute Gasteiger partial charge is 0.125 e. The molecule has 0 amide bonds. The number of rotatable bonds is 3. The van der Waals surface area contributed by atoms with Gasteiger partial charge < -0.3 is 15.3 Å². The van der Waals surface area contributed by atoms with Crippen molar-refractivity contribution in [2.75, 3.05) is 7.11 Å². The molecule has 4 nitrogen and oxygen atoms in total. The summed E-state index contributed by atoms with van der Waals surface area (Å²) in [5, 5.41) is 9.85. The molecule has 3 N–H and O–H groups in total. The van der Waals surface area contributed by atoms with Gasteiger partial charge in [-0.1, -0.05) is 18.2 Å². The van der Waals surface area contributed by atoms with Crippen molar-refractivity contribution in [1.29, 1.82) is 0 Å². The first-order chi connectivity index (χ1) is 10.2. The van der Waals surface area contributed by atoms with Gasteiger partial charge in [0.15, 0.2) is 0 Å². The maximum atomic E-state index is 13.3. The van der Waals surface area contributed by atoms with Crippen molar-refractivity contribution in [3.05, 3.63) is 65.5 Å². The van der Waals surface area contributed by atoms with Crippen molar-refractivity contribution in [2.45, 2.75) is 6.04 Å². The number of hydrogen-bond acceptors (Lipinski definition) is 4. The highest BCUT2D eigenvalue weighted by Gasteiger charge is 2.21. The van der Waals surface area contributed by atoms with Crippen molar-refractivity contribution >= 4 is 5.70 Å². The Morgan fingerprint density at radius 1 is 1.19 bits per heavy atom. The third-order valence-electron chi connectivity index (χ3n) is 3.42. The van der Waals surface area contributed by atoms with Crippen LogP contribution in [0.2, 0.25) is 0 Å². The largest absolute Gasteiger partial charge is 0.507 e. The minimum atomic E-state index is -0.397. The van der Waals surface area contributed by atoms with Crippen molar-refractivity contribution in [3.63, 3.8) is 0 Å². The van der Waals surface area contributed by atoms with E-state index in [1.54, 1.807) is 7.11 Å². The number of ether oxygens (including phenoxy) is 1. The Balaban J connectivity index is 1.96.